The Kier molecular flexibility index (Phi) is 6.80. The van der Waals surface area contributed by atoms with Crippen LogP contribution >= 0.6 is 0 Å². The van der Waals surface area contributed by atoms with Crippen molar-refractivity contribution in [3.63, 3.8) is 0 Å². The Morgan fingerprint density at radius 2 is 1.62 bits per heavy atom. The van der Waals surface area contributed by atoms with Crippen molar-refractivity contribution in [1.29, 1.82) is 0 Å². The molecule has 1 saturated heterocycles. The van der Waals surface area contributed by atoms with Crippen LogP contribution in [0.3, 0.4) is 0 Å². The summed E-state index contributed by atoms with van der Waals surface area (Å²) in [6, 6.07) is 13.6. The third-order valence-electron chi connectivity index (χ3n) is 4.52. The number of hydrogen-bond donors (Lipinski definition) is 0. The minimum atomic E-state index is 0.432. The van der Waals surface area contributed by atoms with E-state index in [0.717, 1.165) is 26.1 Å². The standard InChI is InChI=1S/C17H19N3.2C2H6/c1-19-9-10-20-16(12-19)15-7-3-2-5-13(15)11-14-6-4-8-18-17(14)20;2*1-2/h2-8,16H,9-12H2,1H3;2*1-2H3. The Balaban J connectivity index is 0.000000487. The summed E-state index contributed by atoms with van der Waals surface area (Å²) in [5, 5.41) is 0. The van der Waals surface area contributed by atoms with Crippen LogP contribution in [0, 0.1) is 0 Å². The molecule has 1 aromatic carbocycles. The topological polar surface area (TPSA) is 19.4 Å². The predicted molar refractivity (Wildman–Crippen MR) is 104 cm³/mol. The first-order chi connectivity index (χ1) is 11.8. The molecule has 4 rings (SSSR count). The summed E-state index contributed by atoms with van der Waals surface area (Å²) in [5.41, 5.74) is 4.27. The summed E-state index contributed by atoms with van der Waals surface area (Å²) in [6.07, 6.45) is 2.92. The normalized spacial score (nSPS) is 18.5. The van der Waals surface area contributed by atoms with E-state index in [-0.39, 0.29) is 0 Å². The van der Waals surface area contributed by atoms with Gasteiger partial charge in [-0.05, 0) is 29.8 Å². The lowest BCUT2D eigenvalue weighted by Crippen LogP contribution is -2.47. The molecule has 2 aliphatic rings. The highest BCUT2D eigenvalue weighted by Gasteiger charge is 2.32. The molecular weight excluding hydrogens is 294 g/mol. The van der Waals surface area contributed by atoms with Crippen molar-refractivity contribution in [3.05, 3.63) is 59.3 Å². The number of hydrogen-bond acceptors (Lipinski definition) is 3. The van der Waals surface area contributed by atoms with E-state index in [1.54, 1.807) is 0 Å². The van der Waals surface area contributed by atoms with Crippen LogP contribution in [0.25, 0.3) is 0 Å². The largest absolute Gasteiger partial charge is 0.347 e. The fourth-order valence-electron chi connectivity index (χ4n) is 3.49. The summed E-state index contributed by atoms with van der Waals surface area (Å²) in [5.74, 6) is 1.18. The minimum Gasteiger partial charge on any atom is -0.347 e. The van der Waals surface area contributed by atoms with Gasteiger partial charge >= 0.3 is 0 Å². The Bertz CT molecular complexity index is 638. The summed E-state index contributed by atoms with van der Waals surface area (Å²) < 4.78 is 0. The third-order valence-corrected chi connectivity index (χ3v) is 4.52. The molecule has 0 bridgehead atoms. The minimum absolute atomic E-state index is 0.432. The summed E-state index contributed by atoms with van der Waals surface area (Å²) >= 11 is 0. The molecular formula is C21H31N3. The molecule has 0 spiro atoms. The van der Waals surface area contributed by atoms with E-state index in [4.69, 9.17) is 0 Å². The fraction of sp³-hybridized carbons (Fsp3) is 0.476. The lowest BCUT2D eigenvalue weighted by atomic mass is 9.96. The molecule has 3 nitrogen and oxygen atoms in total. The van der Waals surface area contributed by atoms with Gasteiger partial charge in [-0.25, -0.2) is 4.98 Å². The zero-order valence-electron chi connectivity index (χ0n) is 15.8. The highest BCUT2D eigenvalue weighted by molar-refractivity contribution is 5.56. The molecule has 2 aliphatic heterocycles. The van der Waals surface area contributed by atoms with Crippen LogP contribution in [0.2, 0.25) is 0 Å². The van der Waals surface area contributed by atoms with Gasteiger partial charge in [-0.3, -0.25) is 0 Å². The van der Waals surface area contributed by atoms with Gasteiger partial charge in [0.05, 0.1) is 6.04 Å². The van der Waals surface area contributed by atoms with Crippen LogP contribution in [0.15, 0.2) is 42.6 Å². The smallest absolute Gasteiger partial charge is 0.132 e. The van der Waals surface area contributed by atoms with Gasteiger partial charge in [-0.15, -0.1) is 0 Å². The van der Waals surface area contributed by atoms with Crippen molar-refractivity contribution in [2.24, 2.45) is 0 Å². The molecule has 0 saturated carbocycles. The molecule has 3 heteroatoms. The number of anilines is 1. The first-order valence-corrected chi connectivity index (χ1v) is 9.30. The fourth-order valence-corrected chi connectivity index (χ4v) is 3.49. The van der Waals surface area contributed by atoms with Crippen molar-refractivity contribution in [1.82, 2.24) is 9.88 Å². The molecule has 130 valence electrons. The quantitative estimate of drug-likeness (QED) is 0.709. The maximum atomic E-state index is 4.68. The van der Waals surface area contributed by atoms with Crippen molar-refractivity contribution in [3.8, 4) is 0 Å². The van der Waals surface area contributed by atoms with E-state index < -0.39 is 0 Å². The predicted octanol–water partition coefficient (Wildman–Crippen LogP) is 4.53. The molecule has 1 atom stereocenters. The van der Waals surface area contributed by atoms with Crippen LogP contribution in [0.1, 0.15) is 50.4 Å². The van der Waals surface area contributed by atoms with Crippen molar-refractivity contribution < 1.29 is 0 Å². The van der Waals surface area contributed by atoms with Crippen LogP contribution in [-0.2, 0) is 6.42 Å². The molecule has 2 aromatic rings. The Hall–Kier alpha value is -1.87. The molecule has 1 fully saturated rings. The van der Waals surface area contributed by atoms with Gasteiger partial charge in [0.15, 0.2) is 0 Å². The zero-order chi connectivity index (χ0) is 17.5. The SMILES string of the molecule is CC.CC.CN1CCN2c3ncccc3Cc3ccccc3C2C1. The number of nitrogens with zero attached hydrogens (tertiary/aromatic N) is 3. The van der Waals surface area contributed by atoms with Gasteiger partial charge in [0.25, 0.3) is 0 Å². The van der Waals surface area contributed by atoms with Gasteiger partial charge in [-0.1, -0.05) is 58.0 Å². The molecule has 24 heavy (non-hydrogen) atoms. The van der Waals surface area contributed by atoms with E-state index >= 15 is 0 Å². The van der Waals surface area contributed by atoms with Gasteiger partial charge in [0.2, 0.25) is 0 Å². The number of benzene rings is 1. The molecule has 1 unspecified atom stereocenters. The summed E-state index contributed by atoms with van der Waals surface area (Å²) in [7, 11) is 2.21. The van der Waals surface area contributed by atoms with Crippen LogP contribution < -0.4 is 4.90 Å². The maximum absolute atomic E-state index is 4.68. The lowest BCUT2D eigenvalue weighted by Gasteiger charge is -2.41. The van der Waals surface area contributed by atoms with Crippen molar-refractivity contribution in [2.45, 2.75) is 40.2 Å². The maximum Gasteiger partial charge on any atom is 0.132 e. The molecule has 0 aliphatic carbocycles. The van der Waals surface area contributed by atoms with Crippen molar-refractivity contribution in [2.75, 3.05) is 31.6 Å². The second kappa shape index (κ2) is 8.84. The van der Waals surface area contributed by atoms with Gasteiger partial charge < -0.3 is 9.80 Å². The van der Waals surface area contributed by atoms with Crippen LogP contribution in [-0.4, -0.2) is 36.6 Å². The summed E-state index contributed by atoms with van der Waals surface area (Å²) in [6.45, 7) is 11.2. The number of likely N-dealkylation sites (N-methyl/N-ethyl adjacent to an activating group) is 1. The number of piperazine rings is 1. The molecule has 3 heterocycles. The van der Waals surface area contributed by atoms with E-state index in [9.17, 15) is 0 Å². The van der Waals surface area contributed by atoms with Crippen molar-refractivity contribution >= 4 is 5.82 Å². The number of rotatable bonds is 0. The monoisotopic (exact) mass is 325 g/mol. The van der Waals surface area contributed by atoms with E-state index in [0.29, 0.717) is 6.04 Å². The first-order valence-electron chi connectivity index (χ1n) is 9.30. The average molecular weight is 326 g/mol. The van der Waals surface area contributed by atoms with Gasteiger partial charge in [-0.2, -0.15) is 0 Å². The lowest BCUT2D eigenvalue weighted by molar-refractivity contribution is 0.268. The third kappa shape index (κ3) is 3.62. The Labute approximate surface area is 147 Å². The van der Waals surface area contributed by atoms with Crippen LogP contribution in [0.4, 0.5) is 5.82 Å². The zero-order valence-corrected chi connectivity index (χ0v) is 15.8. The second-order valence-corrected chi connectivity index (χ2v) is 5.83. The van der Waals surface area contributed by atoms with Gasteiger partial charge in [0, 0.05) is 32.3 Å². The highest BCUT2D eigenvalue weighted by Crippen LogP contribution is 2.37. The number of fused-ring (bicyclic) bond motifs is 5. The van der Waals surface area contributed by atoms with E-state index in [2.05, 4.69) is 58.2 Å². The molecule has 0 N–H and O–H groups in total. The van der Waals surface area contributed by atoms with E-state index in [1.165, 1.54) is 22.5 Å². The molecule has 0 radical (unpaired) electrons. The van der Waals surface area contributed by atoms with Gasteiger partial charge in [0.1, 0.15) is 5.82 Å². The van der Waals surface area contributed by atoms with E-state index in [1.807, 2.05) is 33.9 Å². The first kappa shape index (κ1) is 18.5. The Morgan fingerprint density at radius 1 is 0.917 bits per heavy atom. The average Bonchev–Trinajstić information content (AvgIpc) is 2.79. The second-order valence-electron chi connectivity index (χ2n) is 5.83. The molecule has 1 aromatic heterocycles. The van der Waals surface area contributed by atoms with Crippen LogP contribution in [0.5, 0.6) is 0 Å². The highest BCUT2D eigenvalue weighted by atomic mass is 15.3. The molecule has 0 amide bonds. The Morgan fingerprint density at radius 3 is 2.42 bits per heavy atom. The summed E-state index contributed by atoms with van der Waals surface area (Å²) in [4.78, 5) is 9.60. The number of pyridine rings is 1. The number of aromatic nitrogens is 1.